The molecular formula is C7H10O3. The maximum Gasteiger partial charge on any atom is 0.375 e. The van der Waals surface area contributed by atoms with E-state index in [-0.39, 0.29) is 5.92 Å². The van der Waals surface area contributed by atoms with Crippen LogP contribution < -0.4 is 0 Å². The summed E-state index contributed by atoms with van der Waals surface area (Å²) in [4.78, 5) is 21.5. The summed E-state index contributed by atoms with van der Waals surface area (Å²) in [7, 11) is 0. The number of hydrogen-bond donors (Lipinski definition) is 0. The minimum Gasteiger partial charge on any atom is -0.453 e. The van der Waals surface area contributed by atoms with Crippen LogP contribution in [0.5, 0.6) is 0 Å². The Kier molecular flexibility index (Phi) is 1.31. The molecule has 0 aromatic rings. The summed E-state index contributed by atoms with van der Waals surface area (Å²) < 4.78 is 4.78. The SMILES string of the molecule is CC1C(=O)C(=O)OC1(C)C. The molecule has 0 spiro atoms. The predicted molar refractivity (Wildman–Crippen MR) is 34.3 cm³/mol. The second-order valence-electron chi connectivity index (χ2n) is 3.08. The highest BCUT2D eigenvalue weighted by Gasteiger charge is 2.46. The fourth-order valence-electron chi connectivity index (χ4n) is 0.870. The van der Waals surface area contributed by atoms with E-state index in [1.165, 1.54) is 0 Å². The van der Waals surface area contributed by atoms with Crippen molar-refractivity contribution in [2.24, 2.45) is 5.92 Å². The molecule has 10 heavy (non-hydrogen) atoms. The lowest BCUT2D eigenvalue weighted by atomic mass is 9.92. The molecule has 0 amide bonds. The van der Waals surface area contributed by atoms with Crippen molar-refractivity contribution >= 4 is 11.8 Å². The van der Waals surface area contributed by atoms with Crippen LogP contribution in [0.15, 0.2) is 0 Å². The van der Waals surface area contributed by atoms with E-state index in [1.807, 2.05) is 0 Å². The Hall–Kier alpha value is -0.860. The molecule has 0 radical (unpaired) electrons. The standard InChI is InChI=1S/C7H10O3/c1-4-5(8)6(9)10-7(4,2)3/h4H,1-3H3. The van der Waals surface area contributed by atoms with E-state index in [0.717, 1.165) is 0 Å². The van der Waals surface area contributed by atoms with Crippen molar-refractivity contribution < 1.29 is 14.3 Å². The summed E-state index contributed by atoms with van der Waals surface area (Å²) in [5.41, 5.74) is -0.603. The van der Waals surface area contributed by atoms with E-state index in [4.69, 9.17) is 4.74 Å². The summed E-state index contributed by atoms with van der Waals surface area (Å²) in [6, 6.07) is 0. The van der Waals surface area contributed by atoms with Gasteiger partial charge in [-0.3, -0.25) is 4.79 Å². The van der Waals surface area contributed by atoms with Gasteiger partial charge < -0.3 is 4.74 Å². The first-order valence-corrected chi connectivity index (χ1v) is 3.22. The van der Waals surface area contributed by atoms with Crippen molar-refractivity contribution in [2.45, 2.75) is 26.4 Å². The lowest BCUT2D eigenvalue weighted by Crippen LogP contribution is -2.27. The number of hydrogen-bond acceptors (Lipinski definition) is 3. The van der Waals surface area contributed by atoms with E-state index >= 15 is 0 Å². The van der Waals surface area contributed by atoms with Crippen molar-refractivity contribution in [3.63, 3.8) is 0 Å². The van der Waals surface area contributed by atoms with E-state index in [9.17, 15) is 9.59 Å². The topological polar surface area (TPSA) is 43.4 Å². The van der Waals surface area contributed by atoms with Crippen molar-refractivity contribution in [1.29, 1.82) is 0 Å². The average Bonchev–Trinajstić information content (AvgIpc) is 1.95. The third-order valence-corrected chi connectivity index (χ3v) is 1.99. The molecule has 1 rings (SSSR count). The lowest BCUT2D eigenvalue weighted by molar-refractivity contribution is -0.151. The van der Waals surface area contributed by atoms with Gasteiger partial charge in [0.05, 0.1) is 5.92 Å². The zero-order valence-electron chi connectivity index (χ0n) is 6.30. The van der Waals surface area contributed by atoms with Crippen molar-refractivity contribution in [2.75, 3.05) is 0 Å². The Labute approximate surface area is 59.4 Å². The van der Waals surface area contributed by atoms with Crippen molar-refractivity contribution in [3.8, 4) is 0 Å². The van der Waals surface area contributed by atoms with Gasteiger partial charge in [0.25, 0.3) is 0 Å². The zero-order valence-corrected chi connectivity index (χ0v) is 6.30. The lowest BCUT2D eigenvalue weighted by Gasteiger charge is -2.19. The molecular weight excluding hydrogens is 132 g/mol. The van der Waals surface area contributed by atoms with Gasteiger partial charge in [-0.1, -0.05) is 6.92 Å². The molecule has 1 atom stereocenters. The van der Waals surface area contributed by atoms with Crippen LogP contribution in [-0.2, 0) is 14.3 Å². The molecule has 1 saturated heterocycles. The van der Waals surface area contributed by atoms with Gasteiger partial charge in [-0.05, 0) is 13.8 Å². The first-order chi connectivity index (χ1) is 4.45. The molecule has 0 aromatic carbocycles. The van der Waals surface area contributed by atoms with E-state index in [0.29, 0.717) is 0 Å². The molecule has 3 nitrogen and oxygen atoms in total. The molecule has 1 aliphatic rings. The first kappa shape index (κ1) is 7.25. The normalized spacial score (nSPS) is 30.5. The fraction of sp³-hybridized carbons (Fsp3) is 0.714. The number of carbonyl (C=O) groups excluding carboxylic acids is 2. The van der Waals surface area contributed by atoms with Gasteiger partial charge in [0.2, 0.25) is 5.78 Å². The molecule has 1 fully saturated rings. The van der Waals surface area contributed by atoms with Crippen LogP contribution in [-0.4, -0.2) is 17.4 Å². The van der Waals surface area contributed by atoms with E-state index in [1.54, 1.807) is 20.8 Å². The van der Waals surface area contributed by atoms with Gasteiger partial charge in [-0.2, -0.15) is 0 Å². The number of carbonyl (C=O) groups is 2. The molecule has 3 heteroatoms. The highest BCUT2D eigenvalue weighted by Crippen LogP contribution is 2.28. The highest BCUT2D eigenvalue weighted by atomic mass is 16.6. The number of esters is 1. The van der Waals surface area contributed by atoms with E-state index in [2.05, 4.69) is 0 Å². The molecule has 0 saturated carbocycles. The molecule has 0 N–H and O–H groups in total. The Morgan fingerprint density at radius 3 is 2.00 bits per heavy atom. The summed E-state index contributed by atoms with van der Waals surface area (Å²) in [6.45, 7) is 5.17. The van der Waals surface area contributed by atoms with Crippen LogP contribution in [0.25, 0.3) is 0 Å². The average molecular weight is 142 g/mol. The number of cyclic esters (lactones) is 1. The van der Waals surface area contributed by atoms with Crippen LogP contribution in [0.3, 0.4) is 0 Å². The monoisotopic (exact) mass is 142 g/mol. The predicted octanol–water partition coefficient (Wildman–Crippen LogP) is 0.527. The highest BCUT2D eigenvalue weighted by molar-refractivity contribution is 6.36. The minimum absolute atomic E-state index is 0.306. The van der Waals surface area contributed by atoms with Gasteiger partial charge in [0, 0.05) is 0 Å². The fourth-order valence-corrected chi connectivity index (χ4v) is 0.870. The van der Waals surface area contributed by atoms with Crippen LogP contribution >= 0.6 is 0 Å². The van der Waals surface area contributed by atoms with Gasteiger partial charge in [0.1, 0.15) is 5.60 Å². The minimum atomic E-state index is -0.697. The van der Waals surface area contributed by atoms with Crippen LogP contribution in [0, 0.1) is 5.92 Å². The molecule has 0 bridgehead atoms. The Balaban J connectivity index is 2.92. The van der Waals surface area contributed by atoms with Crippen LogP contribution in [0.2, 0.25) is 0 Å². The van der Waals surface area contributed by atoms with Gasteiger partial charge in [-0.15, -0.1) is 0 Å². The first-order valence-electron chi connectivity index (χ1n) is 3.22. The van der Waals surface area contributed by atoms with Crippen molar-refractivity contribution in [3.05, 3.63) is 0 Å². The van der Waals surface area contributed by atoms with Gasteiger partial charge in [-0.25, -0.2) is 4.79 Å². The maximum absolute atomic E-state index is 10.8. The quantitative estimate of drug-likeness (QED) is 0.366. The van der Waals surface area contributed by atoms with Crippen LogP contribution in [0.1, 0.15) is 20.8 Å². The Morgan fingerprint density at radius 2 is 1.90 bits per heavy atom. The summed E-state index contributed by atoms with van der Waals surface area (Å²) in [6.07, 6.45) is 0. The number of ether oxygens (including phenoxy) is 1. The summed E-state index contributed by atoms with van der Waals surface area (Å²) in [5.74, 6) is -1.41. The largest absolute Gasteiger partial charge is 0.453 e. The van der Waals surface area contributed by atoms with Gasteiger partial charge >= 0.3 is 5.97 Å². The van der Waals surface area contributed by atoms with E-state index < -0.39 is 17.4 Å². The molecule has 0 aliphatic carbocycles. The third kappa shape index (κ3) is 0.818. The maximum atomic E-state index is 10.8. The summed E-state index contributed by atoms with van der Waals surface area (Å²) >= 11 is 0. The molecule has 1 heterocycles. The zero-order chi connectivity index (χ0) is 7.94. The molecule has 1 aliphatic heterocycles. The van der Waals surface area contributed by atoms with Gasteiger partial charge in [0.15, 0.2) is 0 Å². The third-order valence-electron chi connectivity index (χ3n) is 1.99. The van der Waals surface area contributed by atoms with Crippen molar-refractivity contribution in [1.82, 2.24) is 0 Å². The number of rotatable bonds is 0. The molecule has 0 aromatic heterocycles. The smallest absolute Gasteiger partial charge is 0.375 e. The number of Topliss-reactive ketones (excluding diaryl/α,β-unsaturated/α-hetero) is 1. The Bertz CT molecular complexity index is 193. The molecule has 56 valence electrons. The van der Waals surface area contributed by atoms with Crippen LogP contribution in [0.4, 0.5) is 0 Å². The summed E-state index contributed by atoms with van der Waals surface area (Å²) in [5, 5.41) is 0. The molecule has 1 unspecified atom stereocenters. The second-order valence-corrected chi connectivity index (χ2v) is 3.08. The second kappa shape index (κ2) is 1.81. The number of ketones is 1. The Morgan fingerprint density at radius 1 is 1.40 bits per heavy atom.